The van der Waals surface area contributed by atoms with E-state index in [2.05, 4.69) is 5.32 Å². The van der Waals surface area contributed by atoms with Gasteiger partial charge in [-0.1, -0.05) is 11.6 Å². The van der Waals surface area contributed by atoms with E-state index in [-0.39, 0.29) is 11.6 Å². The number of nitrogens with zero attached hydrogens (tertiary/aromatic N) is 2. The van der Waals surface area contributed by atoms with Crippen LogP contribution < -0.4 is 5.32 Å². The van der Waals surface area contributed by atoms with Gasteiger partial charge in [-0.2, -0.15) is 0 Å². The van der Waals surface area contributed by atoms with Gasteiger partial charge in [-0.25, -0.2) is 12.7 Å². The summed E-state index contributed by atoms with van der Waals surface area (Å²) in [4.78, 5) is 10.2. The van der Waals surface area contributed by atoms with Crippen molar-refractivity contribution in [1.82, 2.24) is 4.31 Å². The van der Waals surface area contributed by atoms with Gasteiger partial charge in [0.1, 0.15) is 0 Å². The number of non-ortho nitro benzene ring substituents is 1. The summed E-state index contributed by atoms with van der Waals surface area (Å²) in [5.74, 6) is 0.213. The third-order valence-electron chi connectivity index (χ3n) is 3.44. The van der Waals surface area contributed by atoms with Crippen LogP contribution in [0.25, 0.3) is 0 Å². The molecule has 0 spiro atoms. The molecule has 1 aromatic carbocycles. The first-order chi connectivity index (χ1) is 9.68. The molecule has 1 aliphatic heterocycles. The molecule has 1 fully saturated rings. The third kappa shape index (κ3) is 3.63. The van der Waals surface area contributed by atoms with E-state index in [1.807, 2.05) is 0 Å². The molecule has 0 amide bonds. The predicted molar refractivity (Wildman–Crippen MR) is 81.2 cm³/mol. The highest BCUT2D eigenvalue weighted by atomic mass is 35.5. The Morgan fingerprint density at radius 3 is 2.57 bits per heavy atom. The van der Waals surface area contributed by atoms with Crippen molar-refractivity contribution in [3.8, 4) is 0 Å². The minimum Gasteiger partial charge on any atom is -0.383 e. The maximum atomic E-state index is 11.3. The van der Waals surface area contributed by atoms with Crippen LogP contribution in [0.3, 0.4) is 0 Å². The number of hydrogen-bond donors (Lipinski definition) is 1. The topological polar surface area (TPSA) is 92.6 Å². The number of halogens is 1. The van der Waals surface area contributed by atoms with Crippen molar-refractivity contribution in [2.45, 2.75) is 6.92 Å². The first-order valence-electron chi connectivity index (χ1n) is 6.32. The number of nitrogens with one attached hydrogen (secondary N) is 1. The van der Waals surface area contributed by atoms with E-state index in [0.717, 1.165) is 0 Å². The number of nitro benzene ring substituents is 1. The number of aryl methyl sites for hydroxylation is 1. The molecule has 116 valence electrons. The van der Waals surface area contributed by atoms with Gasteiger partial charge in [0.15, 0.2) is 0 Å². The van der Waals surface area contributed by atoms with Crippen molar-refractivity contribution in [3.05, 3.63) is 32.8 Å². The Balaban J connectivity index is 1.98. The molecule has 0 unspecified atom stereocenters. The maximum Gasteiger partial charge on any atom is 0.271 e. The standard InChI is InChI=1S/C12H16ClN3O4S/c1-8-3-10(16(17)18)4-11(13)12(8)14-5-9-6-15(7-9)21(2,19)20/h3-4,9,14H,5-7H2,1-2H3. The summed E-state index contributed by atoms with van der Waals surface area (Å²) < 4.78 is 23.9. The zero-order valence-electron chi connectivity index (χ0n) is 11.7. The Kier molecular flexibility index (Phi) is 4.40. The van der Waals surface area contributed by atoms with Crippen molar-refractivity contribution in [1.29, 1.82) is 0 Å². The van der Waals surface area contributed by atoms with Gasteiger partial charge >= 0.3 is 0 Å². The highest BCUT2D eigenvalue weighted by Gasteiger charge is 2.32. The zero-order chi connectivity index (χ0) is 15.8. The van der Waals surface area contributed by atoms with E-state index in [0.29, 0.717) is 35.9 Å². The van der Waals surface area contributed by atoms with Crippen LogP contribution in [-0.4, -0.2) is 43.5 Å². The molecule has 0 aliphatic carbocycles. The Morgan fingerprint density at radius 2 is 2.10 bits per heavy atom. The van der Waals surface area contributed by atoms with Crippen molar-refractivity contribution in [2.24, 2.45) is 5.92 Å². The first kappa shape index (κ1) is 16.0. The molecule has 9 heteroatoms. The monoisotopic (exact) mass is 333 g/mol. The van der Waals surface area contributed by atoms with Gasteiger partial charge in [0.2, 0.25) is 10.0 Å². The lowest BCUT2D eigenvalue weighted by atomic mass is 10.0. The summed E-state index contributed by atoms with van der Waals surface area (Å²) in [7, 11) is -3.11. The van der Waals surface area contributed by atoms with Gasteiger partial charge in [-0.15, -0.1) is 0 Å². The van der Waals surface area contributed by atoms with Crippen LogP contribution in [0.1, 0.15) is 5.56 Å². The number of sulfonamides is 1. The highest BCUT2D eigenvalue weighted by Crippen LogP contribution is 2.31. The van der Waals surface area contributed by atoms with Gasteiger partial charge in [-0.3, -0.25) is 10.1 Å². The van der Waals surface area contributed by atoms with E-state index >= 15 is 0 Å². The summed E-state index contributed by atoms with van der Waals surface area (Å²) in [6.07, 6.45) is 1.19. The number of rotatable bonds is 5. The SMILES string of the molecule is Cc1cc([N+](=O)[O-])cc(Cl)c1NCC1CN(S(C)(=O)=O)C1. The summed E-state index contributed by atoms with van der Waals surface area (Å²) in [5.41, 5.74) is 1.29. The van der Waals surface area contributed by atoms with Crippen molar-refractivity contribution in [3.63, 3.8) is 0 Å². The lowest BCUT2D eigenvalue weighted by Gasteiger charge is -2.37. The largest absolute Gasteiger partial charge is 0.383 e. The molecular formula is C12H16ClN3O4S. The fourth-order valence-electron chi connectivity index (χ4n) is 2.22. The van der Waals surface area contributed by atoms with Crippen molar-refractivity contribution in [2.75, 3.05) is 31.2 Å². The van der Waals surface area contributed by atoms with Gasteiger partial charge in [0.25, 0.3) is 5.69 Å². The lowest BCUT2D eigenvalue weighted by molar-refractivity contribution is -0.384. The summed E-state index contributed by atoms with van der Waals surface area (Å²) in [6, 6.07) is 2.76. The molecule has 2 rings (SSSR count). The van der Waals surface area contributed by atoms with E-state index in [1.165, 1.54) is 22.7 Å². The maximum absolute atomic E-state index is 11.3. The number of hydrogen-bond acceptors (Lipinski definition) is 5. The highest BCUT2D eigenvalue weighted by molar-refractivity contribution is 7.88. The molecule has 1 saturated heterocycles. The average Bonchev–Trinajstić information content (AvgIpc) is 2.27. The van der Waals surface area contributed by atoms with Crippen LogP contribution in [0.5, 0.6) is 0 Å². The molecule has 1 aliphatic rings. The molecule has 1 aromatic rings. The summed E-state index contributed by atoms with van der Waals surface area (Å²) in [6.45, 7) is 3.28. The van der Waals surface area contributed by atoms with E-state index in [9.17, 15) is 18.5 Å². The van der Waals surface area contributed by atoms with Gasteiger partial charge < -0.3 is 5.32 Å². The minimum atomic E-state index is -3.11. The lowest BCUT2D eigenvalue weighted by Crippen LogP contribution is -2.51. The molecule has 1 N–H and O–H groups in total. The van der Waals surface area contributed by atoms with Crippen molar-refractivity contribution >= 4 is 33.0 Å². The average molecular weight is 334 g/mol. The zero-order valence-corrected chi connectivity index (χ0v) is 13.2. The Bertz CT molecular complexity index is 648. The van der Waals surface area contributed by atoms with E-state index in [1.54, 1.807) is 6.92 Å². The normalized spacial score (nSPS) is 16.5. The first-order valence-corrected chi connectivity index (χ1v) is 8.54. The quantitative estimate of drug-likeness (QED) is 0.655. The molecule has 0 aromatic heterocycles. The number of benzene rings is 1. The molecule has 0 radical (unpaired) electrons. The molecule has 0 saturated carbocycles. The second-order valence-electron chi connectivity index (χ2n) is 5.20. The third-order valence-corrected chi connectivity index (χ3v) is 4.98. The second-order valence-corrected chi connectivity index (χ2v) is 7.59. The molecule has 1 heterocycles. The van der Waals surface area contributed by atoms with E-state index in [4.69, 9.17) is 11.6 Å². The summed E-state index contributed by atoms with van der Waals surface area (Å²) in [5, 5.41) is 14.2. The van der Waals surface area contributed by atoms with E-state index < -0.39 is 14.9 Å². The van der Waals surface area contributed by atoms with Crippen molar-refractivity contribution < 1.29 is 13.3 Å². The van der Waals surface area contributed by atoms with Gasteiger partial charge in [-0.05, 0) is 12.5 Å². The van der Waals surface area contributed by atoms with Gasteiger partial charge in [0, 0.05) is 37.7 Å². The van der Waals surface area contributed by atoms with Gasteiger partial charge in [0.05, 0.1) is 21.9 Å². The van der Waals surface area contributed by atoms with Crippen LogP contribution in [0.15, 0.2) is 12.1 Å². The fraction of sp³-hybridized carbons (Fsp3) is 0.500. The second kappa shape index (κ2) is 5.78. The minimum absolute atomic E-state index is 0.0463. The predicted octanol–water partition coefficient (Wildman–Crippen LogP) is 1.86. The number of nitro groups is 1. The summed E-state index contributed by atoms with van der Waals surface area (Å²) >= 11 is 6.05. The number of anilines is 1. The Labute approximate surface area is 128 Å². The molecule has 0 bridgehead atoms. The van der Waals surface area contributed by atoms with Crippen LogP contribution >= 0.6 is 11.6 Å². The van der Waals surface area contributed by atoms with Crippen LogP contribution in [-0.2, 0) is 10.0 Å². The van der Waals surface area contributed by atoms with Crippen LogP contribution in [0, 0.1) is 23.0 Å². The Hall–Kier alpha value is -1.38. The molecule has 0 atom stereocenters. The van der Waals surface area contributed by atoms with Crippen LogP contribution in [0.4, 0.5) is 11.4 Å². The molecular weight excluding hydrogens is 318 g/mol. The molecule has 21 heavy (non-hydrogen) atoms. The van der Waals surface area contributed by atoms with Crippen LogP contribution in [0.2, 0.25) is 5.02 Å². The Morgan fingerprint density at radius 1 is 1.48 bits per heavy atom. The fourth-order valence-corrected chi connectivity index (χ4v) is 3.51. The molecule has 7 nitrogen and oxygen atoms in total. The smallest absolute Gasteiger partial charge is 0.271 e.